The Balaban J connectivity index is 1.36. The predicted octanol–water partition coefficient (Wildman–Crippen LogP) is 4.20. The molecule has 1 aliphatic heterocycles. The number of nitrogens with zero attached hydrogens (tertiary/aromatic N) is 4. The van der Waals surface area contributed by atoms with Gasteiger partial charge in [0.2, 0.25) is 0 Å². The third-order valence-corrected chi connectivity index (χ3v) is 7.68. The number of piperidine rings is 1. The molecule has 0 spiro atoms. The lowest BCUT2D eigenvalue weighted by Gasteiger charge is -2.53. The summed E-state index contributed by atoms with van der Waals surface area (Å²) in [7, 11) is 4.30. The summed E-state index contributed by atoms with van der Waals surface area (Å²) in [5, 5.41) is 19.8. The highest BCUT2D eigenvalue weighted by Gasteiger charge is 2.47. The standard InChI is InChI=1S/C24H32N4O/c1-15-11-23(28-10-4-5-18(14-28)27(2)3)25-26-24(15)20-9-7-17(13-22(20)29)21-12-16-6-8-19(16)21/h7,9,11,13,16,18-19,21,29H,4-6,8,10,12,14H2,1-3H3/t16?,18-,19?,21?/m1/s1. The third-order valence-electron chi connectivity index (χ3n) is 7.68. The molecule has 5 heteroatoms. The van der Waals surface area contributed by atoms with E-state index in [9.17, 15) is 5.11 Å². The second-order valence-electron chi connectivity index (χ2n) is 9.56. The van der Waals surface area contributed by atoms with Crippen LogP contribution < -0.4 is 4.90 Å². The highest BCUT2D eigenvalue weighted by atomic mass is 16.3. The Hall–Kier alpha value is -2.14. The first-order chi connectivity index (χ1) is 14.0. The van der Waals surface area contributed by atoms with Crippen molar-refractivity contribution in [2.24, 2.45) is 11.8 Å². The van der Waals surface area contributed by atoms with E-state index in [-0.39, 0.29) is 0 Å². The summed E-state index contributed by atoms with van der Waals surface area (Å²) < 4.78 is 0. The maximum atomic E-state index is 10.7. The first-order valence-corrected chi connectivity index (χ1v) is 11.1. The highest BCUT2D eigenvalue weighted by molar-refractivity contribution is 5.70. The molecule has 4 atom stereocenters. The minimum Gasteiger partial charge on any atom is -0.507 e. The van der Waals surface area contributed by atoms with Crippen LogP contribution in [0.25, 0.3) is 11.3 Å². The van der Waals surface area contributed by atoms with E-state index < -0.39 is 0 Å². The number of phenols is 1. The molecule has 2 saturated carbocycles. The lowest BCUT2D eigenvalue weighted by Crippen LogP contribution is -2.45. The van der Waals surface area contributed by atoms with E-state index in [2.05, 4.69) is 53.1 Å². The fourth-order valence-corrected chi connectivity index (χ4v) is 5.56. The van der Waals surface area contributed by atoms with E-state index in [1.807, 2.05) is 12.1 Å². The van der Waals surface area contributed by atoms with E-state index in [1.165, 1.54) is 37.7 Å². The van der Waals surface area contributed by atoms with Gasteiger partial charge in [-0.05, 0) is 100 Å². The molecule has 3 fully saturated rings. The molecule has 3 aliphatic rings. The van der Waals surface area contributed by atoms with Crippen LogP contribution in [0.1, 0.15) is 49.1 Å². The van der Waals surface area contributed by atoms with Gasteiger partial charge in [0.25, 0.3) is 0 Å². The Kier molecular flexibility index (Phi) is 4.73. The SMILES string of the molecule is Cc1cc(N2CCC[C@@H](N(C)C)C2)nnc1-c1ccc(C2CC3CCC32)cc1O. The van der Waals surface area contributed by atoms with Gasteiger partial charge in [-0.3, -0.25) is 0 Å². The minimum atomic E-state index is 0.334. The van der Waals surface area contributed by atoms with E-state index >= 15 is 0 Å². The molecule has 29 heavy (non-hydrogen) atoms. The third kappa shape index (κ3) is 3.29. The topological polar surface area (TPSA) is 52.5 Å². The summed E-state index contributed by atoms with van der Waals surface area (Å²) in [5.74, 6) is 3.73. The number of phenolic OH excluding ortho intramolecular Hbond substituents is 1. The second-order valence-corrected chi connectivity index (χ2v) is 9.56. The molecule has 5 nitrogen and oxygen atoms in total. The van der Waals surface area contributed by atoms with Gasteiger partial charge in [-0.25, -0.2) is 0 Å². The molecular weight excluding hydrogens is 360 g/mol. The van der Waals surface area contributed by atoms with E-state index in [0.29, 0.717) is 17.7 Å². The van der Waals surface area contributed by atoms with Crippen molar-refractivity contribution in [2.75, 3.05) is 32.1 Å². The van der Waals surface area contributed by atoms with Gasteiger partial charge in [-0.1, -0.05) is 6.07 Å². The van der Waals surface area contributed by atoms with Crippen LogP contribution in [0, 0.1) is 18.8 Å². The number of aryl methyl sites for hydroxylation is 1. The van der Waals surface area contributed by atoms with Crippen LogP contribution in [0.5, 0.6) is 5.75 Å². The molecule has 0 bridgehead atoms. The maximum Gasteiger partial charge on any atom is 0.151 e. The second kappa shape index (κ2) is 7.28. The number of anilines is 1. The molecule has 1 aromatic heterocycles. The summed E-state index contributed by atoms with van der Waals surface area (Å²) in [5.41, 5.74) is 3.93. The van der Waals surface area contributed by atoms with Gasteiger partial charge in [0.05, 0.1) is 5.69 Å². The summed E-state index contributed by atoms with van der Waals surface area (Å²) in [6.45, 7) is 4.09. The Bertz CT molecular complexity index is 912. The first kappa shape index (κ1) is 18.9. The van der Waals surface area contributed by atoms with Gasteiger partial charge in [-0.2, -0.15) is 0 Å². The molecule has 2 aromatic rings. The van der Waals surface area contributed by atoms with Crippen LogP contribution in [0.4, 0.5) is 5.82 Å². The molecule has 1 N–H and O–H groups in total. The van der Waals surface area contributed by atoms with Crippen LogP contribution in [-0.2, 0) is 0 Å². The molecule has 5 rings (SSSR count). The Morgan fingerprint density at radius 3 is 2.59 bits per heavy atom. The zero-order valence-corrected chi connectivity index (χ0v) is 17.8. The van der Waals surface area contributed by atoms with Gasteiger partial charge in [-0.15, -0.1) is 10.2 Å². The lowest BCUT2D eigenvalue weighted by molar-refractivity contribution is 0.0215. The normalized spacial score (nSPS) is 28.6. The minimum absolute atomic E-state index is 0.334. The van der Waals surface area contributed by atoms with Crippen LogP contribution in [0.15, 0.2) is 24.3 Å². The number of fused-ring (bicyclic) bond motifs is 1. The number of rotatable bonds is 4. The molecule has 1 aromatic carbocycles. The average molecular weight is 393 g/mol. The van der Waals surface area contributed by atoms with E-state index in [4.69, 9.17) is 0 Å². The number of aromatic nitrogens is 2. The summed E-state index contributed by atoms with van der Waals surface area (Å²) in [6.07, 6.45) is 6.46. The fraction of sp³-hybridized carbons (Fsp3) is 0.583. The van der Waals surface area contributed by atoms with Crippen molar-refractivity contribution < 1.29 is 5.11 Å². The van der Waals surface area contributed by atoms with Gasteiger partial charge in [0.1, 0.15) is 5.75 Å². The molecule has 0 amide bonds. The van der Waals surface area contributed by atoms with Gasteiger partial charge in [0, 0.05) is 24.7 Å². The highest BCUT2D eigenvalue weighted by Crippen LogP contribution is 2.59. The maximum absolute atomic E-state index is 10.7. The van der Waals surface area contributed by atoms with Crippen LogP contribution in [0.3, 0.4) is 0 Å². The number of likely N-dealkylation sites (N-methyl/N-ethyl adjacent to an activating group) is 1. The zero-order valence-electron chi connectivity index (χ0n) is 17.8. The number of hydrogen-bond donors (Lipinski definition) is 1. The van der Waals surface area contributed by atoms with Gasteiger partial charge < -0.3 is 14.9 Å². The molecule has 3 unspecified atom stereocenters. The molecule has 0 radical (unpaired) electrons. The van der Waals surface area contributed by atoms with Crippen molar-refractivity contribution in [1.29, 1.82) is 0 Å². The van der Waals surface area contributed by atoms with Gasteiger partial charge in [0.15, 0.2) is 5.82 Å². The number of aromatic hydroxyl groups is 1. The van der Waals surface area contributed by atoms with Crippen LogP contribution in [-0.4, -0.2) is 53.4 Å². The monoisotopic (exact) mass is 392 g/mol. The molecule has 154 valence electrons. The predicted molar refractivity (Wildman–Crippen MR) is 116 cm³/mol. The Morgan fingerprint density at radius 2 is 1.97 bits per heavy atom. The van der Waals surface area contributed by atoms with Crippen LogP contribution in [0.2, 0.25) is 0 Å². The number of hydrogen-bond acceptors (Lipinski definition) is 5. The lowest BCUT2D eigenvalue weighted by atomic mass is 9.52. The average Bonchev–Trinajstić information content (AvgIpc) is 2.70. The van der Waals surface area contributed by atoms with E-state index in [1.54, 1.807) is 0 Å². The van der Waals surface area contributed by atoms with Crippen molar-refractivity contribution in [1.82, 2.24) is 15.1 Å². The molecule has 1 saturated heterocycles. The molecular formula is C24H32N4O. The van der Waals surface area contributed by atoms with Crippen molar-refractivity contribution >= 4 is 5.82 Å². The molecule has 2 aliphatic carbocycles. The van der Waals surface area contributed by atoms with Gasteiger partial charge >= 0.3 is 0 Å². The Morgan fingerprint density at radius 1 is 1.10 bits per heavy atom. The number of benzene rings is 1. The van der Waals surface area contributed by atoms with Crippen molar-refractivity contribution in [3.8, 4) is 17.0 Å². The van der Waals surface area contributed by atoms with E-state index in [0.717, 1.165) is 47.6 Å². The Labute approximate surface area is 173 Å². The zero-order chi connectivity index (χ0) is 20.1. The quantitative estimate of drug-likeness (QED) is 0.845. The fourth-order valence-electron chi connectivity index (χ4n) is 5.56. The first-order valence-electron chi connectivity index (χ1n) is 11.1. The van der Waals surface area contributed by atoms with Crippen molar-refractivity contribution in [2.45, 2.75) is 51.0 Å². The molecule has 2 heterocycles. The van der Waals surface area contributed by atoms with Crippen molar-refractivity contribution in [3.63, 3.8) is 0 Å². The largest absolute Gasteiger partial charge is 0.507 e. The summed E-state index contributed by atoms with van der Waals surface area (Å²) >= 11 is 0. The summed E-state index contributed by atoms with van der Waals surface area (Å²) in [4.78, 5) is 4.64. The van der Waals surface area contributed by atoms with Crippen LogP contribution >= 0.6 is 0 Å². The summed E-state index contributed by atoms with van der Waals surface area (Å²) in [6, 6.07) is 8.88. The van der Waals surface area contributed by atoms with Crippen molar-refractivity contribution in [3.05, 3.63) is 35.4 Å². The smallest absolute Gasteiger partial charge is 0.151 e.